The van der Waals surface area contributed by atoms with Crippen LogP contribution in [0.25, 0.3) is 10.9 Å². The van der Waals surface area contributed by atoms with Crippen molar-refractivity contribution in [3.8, 4) is 0 Å². The molecule has 0 bridgehead atoms. The Balaban J connectivity index is 1.68. The predicted octanol–water partition coefficient (Wildman–Crippen LogP) is 3.54. The number of aromatic nitrogens is 1. The predicted molar refractivity (Wildman–Crippen MR) is 81.3 cm³/mol. The Labute approximate surface area is 116 Å². The largest absolute Gasteiger partial charge is 0.399 e. The number of hydrogen-bond donors (Lipinski definition) is 3. The van der Waals surface area contributed by atoms with Crippen LogP contribution >= 0.6 is 0 Å². The smallest absolute Gasteiger partial charge is 0.148 e. The Hall–Kier alpha value is -2.49. The summed E-state index contributed by atoms with van der Waals surface area (Å²) in [6.07, 6.45) is 2.83. The van der Waals surface area contributed by atoms with Crippen LogP contribution in [0.15, 0.2) is 48.7 Å². The van der Waals surface area contributed by atoms with E-state index in [1.54, 1.807) is 12.1 Å². The van der Waals surface area contributed by atoms with Crippen molar-refractivity contribution in [2.75, 3.05) is 17.6 Å². The van der Waals surface area contributed by atoms with Gasteiger partial charge in [-0.2, -0.15) is 0 Å². The van der Waals surface area contributed by atoms with E-state index in [0.29, 0.717) is 17.9 Å². The SMILES string of the molecule is Nc1ccc(NCCc2c[nH]c3ccccc23)c(F)c1. The summed E-state index contributed by atoms with van der Waals surface area (Å²) in [6.45, 7) is 0.669. The molecule has 1 aromatic heterocycles. The zero-order valence-electron chi connectivity index (χ0n) is 11.0. The molecule has 2 aromatic carbocycles. The van der Waals surface area contributed by atoms with Gasteiger partial charge in [0.25, 0.3) is 0 Å². The van der Waals surface area contributed by atoms with Crippen molar-refractivity contribution in [3.05, 3.63) is 60.0 Å². The van der Waals surface area contributed by atoms with Gasteiger partial charge >= 0.3 is 0 Å². The molecule has 0 atom stereocenters. The van der Waals surface area contributed by atoms with Gasteiger partial charge in [-0.25, -0.2) is 4.39 Å². The zero-order valence-corrected chi connectivity index (χ0v) is 11.0. The van der Waals surface area contributed by atoms with Crippen molar-refractivity contribution >= 4 is 22.3 Å². The molecule has 4 heteroatoms. The van der Waals surface area contributed by atoms with Crippen molar-refractivity contribution in [2.45, 2.75) is 6.42 Å². The van der Waals surface area contributed by atoms with Gasteiger partial charge in [-0.1, -0.05) is 18.2 Å². The number of nitrogen functional groups attached to an aromatic ring is 1. The van der Waals surface area contributed by atoms with Crippen molar-refractivity contribution in [3.63, 3.8) is 0 Å². The Morgan fingerprint density at radius 3 is 2.85 bits per heavy atom. The lowest BCUT2D eigenvalue weighted by Crippen LogP contribution is -2.06. The Morgan fingerprint density at radius 1 is 1.15 bits per heavy atom. The molecule has 0 fully saturated rings. The first-order valence-corrected chi connectivity index (χ1v) is 6.58. The highest BCUT2D eigenvalue weighted by Gasteiger charge is 2.04. The van der Waals surface area contributed by atoms with Crippen LogP contribution in [0.2, 0.25) is 0 Å². The molecule has 0 amide bonds. The van der Waals surface area contributed by atoms with E-state index >= 15 is 0 Å². The molecule has 0 aliphatic heterocycles. The standard InChI is InChI=1S/C16H16FN3/c17-14-9-12(18)5-6-16(14)19-8-7-11-10-20-15-4-2-1-3-13(11)15/h1-6,9-10,19-20H,7-8,18H2. The number of nitrogens with two attached hydrogens (primary N) is 1. The van der Waals surface area contributed by atoms with Crippen LogP contribution in [0, 0.1) is 5.82 Å². The lowest BCUT2D eigenvalue weighted by Gasteiger charge is -2.07. The van der Waals surface area contributed by atoms with E-state index in [-0.39, 0.29) is 5.82 Å². The summed E-state index contributed by atoms with van der Waals surface area (Å²) in [5, 5.41) is 4.31. The van der Waals surface area contributed by atoms with E-state index in [1.807, 2.05) is 24.4 Å². The molecule has 4 N–H and O–H groups in total. The van der Waals surface area contributed by atoms with Crippen LogP contribution < -0.4 is 11.1 Å². The minimum atomic E-state index is -0.316. The molecule has 3 rings (SSSR count). The summed E-state index contributed by atoms with van der Waals surface area (Å²) >= 11 is 0. The number of nitrogens with one attached hydrogen (secondary N) is 2. The summed E-state index contributed by atoms with van der Waals surface area (Å²) in [5.41, 5.74) is 8.80. The molecule has 0 radical (unpaired) electrons. The van der Waals surface area contributed by atoms with Gasteiger partial charge in [0.1, 0.15) is 5.82 Å². The molecule has 0 saturated heterocycles. The Kier molecular flexibility index (Phi) is 3.29. The number of anilines is 2. The number of hydrogen-bond acceptors (Lipinski definition) is 2. The molecular weight excluding hydrogens is 253 g/mol. The molecule has 0 aliphatic carbocycles. The van der Waals surface area contributed by atoms with Crippen LogP contribution in [-0.4, -0.2) is 11.5 Å². The first-order valence-electron chi connectivity index (χ1n) is 6.58. The number of para-hydroxylation sites is 1. The number of aromatic amines is 1. The highest BCUT2D eigenvalue weighted by molar-refractivity contribution is 5.83. The first kappa shape index (κ1) is 12.5. The van der Waals surface area contributed by atoms with Gasteiger partial charge in [-0.15, -0.1) is 0 Å². The van der Waals surface area contributed by atoms with Crippen molar-refractivity contribution in [1.29, 1.82) is 0 Å². The van der Waals surface area contributed by atoms with Gasteiger partial charge in [-0.05, 0) is 36.2 Å². The third kappa shape index (κ3) is 2.45. The number of halogens is 1. The minimum absolute atomic E-state index is 0.316. The number of fused-ring (bicyclic) bond motifs is 1. The van der Waals surface area contributed by atoms with Crippen LogP contribution in [0.4, 0.5) is 15.8 Å². The second kappa shape index (κ2) is 5.25. The van der Waals surface area contributed by atoms with Gasteiger partial charge in [-0.3, -0.25) is 0 Å². The van der Waals surface area contributed by atoms with Crippen molar-refractivity contribution < 1.29 is 4.39 Å². The zero-order chi connectivity index (χ0) is 13.9. The molecule has 0 unspecified atom stereocenters. The van der Waals surface area contributed by atoms with Crippen LogP contribution in [0.3, 0.4) is 0 Å². The number of rotatable bonds is 4. The molecular formula is C16H16FN3. The first-order chi connectivity index (χ1) is 9.74. The van der Waals surface area contributed by atoms with Crippen LogP contribution in [-0.2, 0) is 6.42 Å². The maximum absolute atomic E-state index is 13.6. The molecule has 0 spiro atoms. The summed E-state index contributed by atoms with van der Waals surface area (Å²) in [4.78, 5) is 3.24. The van der Waals surface area contributed by atoms with E-state index in [0.717, 1.165) is 11.9 Å². The third-order valence-corrected chi connectivity index (χ3v) is 3.38. The quantitative estimate of drug-likeness (QED) is 0.634. The monoisotopic (exact) mass is 269 g/mol. The lowest BCUT2D eigenvalue weighted by molar-refractivity contribution is 0.631. The highest BCUT2D eigenvalue weighted by atomic mass is 19.1. The molecule has 102 valence electrons. The fourth-order valence-electron chi connectivity index (χ4n) is 2.35. The topological polar surface area (TPSA) is 53.8 Å². The summed E-state index contributed by atoms with van der Waals surface area (Å²) in [5.74, 6) is -0.316. The molecule has 0 aliphatic rings. The highest BCUT2D eigenvalue weighted by Crippen LogP contribution is 2.19. The second-order valence-electron chi connectivity index (χ2n) is 4.78. The maximum Gasteiger partial charge on any atom is 0.148 e. The second-order valence-corrected chi connectivity index (χ2v) is 4.78. The van der Waals surface area contributed by atoms with Gasteiger partial charge in [0.15, 0.2) is 0 Å². The van der Waals surface area contributed by atoms with Crippen LogP contribution in [0.5, 0.6) is 0 Å². The molecule has 1 heterocycles. The summed E-state index contributed by atoms with van der Waals surface area (Å²) < 4.78 is 13.6. The fraction of sp³-hybridized carbons (Fsp3) is 0.125. The van der Waals surface area contributed by atoms with E-state index in [9.17, 15) is 4.39 Å². The summed E-state index contributed by atoms with van der Waals surface area (Å²) in [7, 11) is 0. The molecule has 20 heavy (non-hydrogen) atoms. The molecule has 3 nitrogen and oxygen atoms in total. The minimum Gasteiger partial charge on any atom is -0.399 e. The van der Waals surface area contributed by atoms with Crippen molar-refractivity contribution in [1.82, 2.24) is 4.98 Å². The molecule has 0 saturated carbocycles. The number of H-pyrrole nitrogens is 1. The number of benzene rings is 2. The maximum atomic E-state index is 13.6. The van der Waals surface area contributed by atoms with Gasteiger partial charge in [0.2, 0.25) is 0 Å². The lowest BCUT2D eigenvalue weighted by atomic mass is 10.1. The molecule has 3 aromatic rings. The van der Waals surface area contributed by atoms with Gasteiger partial charge < -0.3 is 16.0 Å². The van der Waals surface area contributed by atoms with Crippen LogP contribution in [0.1, 0.15) is 5.56 Å². The van der Waals surface area contributed by atoms with Gasteiger partial charge in [0.05, 0.1) is 5.69 Å². The van der Waals surface area contributed by atoms with E-state index in [4.69, 9.17) is 5.73 Å². The van der Waals surface area contributed by atoms with E-state index in [2.05, 4.69) is 16.4 Å². The van der Waals surface area contributed by atoms with Crippen molar-refractivity contribution in [2.24, 2.45) is 0 Å². The Morgan fingerprint density at radius 2 is 2.00 bits per heavy atom. The average Bonchev–Trinajstić information content (AvgIpc) is 2.85. The summed E-state index contributed by atoms with van der Waals surface area (Å²) in [6, 6.07) is 12.8. The van der Waals surface area contributed by atoms with E-state index < -0.39 is 0 Å². The van der Waals surface area contributed by atoms with Gasteiger partial charge in [0, 0.05) is 29.3 Å². The fourth-order valence-corrected chi connectivity index (χ4v) is 2.35. The Bertz CT molecular complexity index is 733. The average molecular weight is 269 g/mol. The van der Waals surface area contributed by atoms with E-state index in [1.165, 1.54) is 17.0 Å². The normalized spacial score (nSPS) is 10.8. The third-order valence-electron chi connectivity index (χ3n) is 3.38.